The van der Waals surface area contributed by atoms with Crippen molar-refractivity contribution in [1.82, 2.24) is 5.32 Å². The largest absolute Gasteiger partial charge is 0.324 e. The minimum absolute atomic E-state index is 0.557. The number of benzene rings is 6. The van der Waals surface area contributed by atoms with Crippen molar-refractivity contribution in [2.24, 2.45) is 9.98 Å². The van der Waals surface area contributed by atoms with Crippen molar-refractivity contribution in [3.05, 3.63) is 169 Å². The van der Waals surface area contributed by atoms with Crippen LogP contribution in [0.3, 0.4) is 0 Å². The van der Waals surface area contributed by atoms with Gasteiger partial charge < -0.3 is 10.2 Å². The Labute approximate surface area is 300 Å². The maximum absolute atomic E-state index is 5.48. The maximum atomic E-state index is 5.48. The van der Waals surface area contributed by atoms with E-state index >= 15 is 0 Å². The van der Waals surface area contributed by atoms with Crippen LogP contribution in [0.4, 0.5) is 22.7 Å². The summed E-state index contributed by atoms with van der Waals surface area (Å²) in [6, 6.07) is 48.0. The number of allylic oxidation sites excluding steroid dienone is 4. The number of nitrogens with one attached hydrogen (secondary N) is 1. The Hall–Kier alpha value is -5.85. The monoisotopic (exact) mass is 679 g/mol. The molecule has 6 aromatic rings. The van der Waals surface area contributed by atoms with Crippen molar-refractivity contribution in [2.45, 2.75) is 28.9 Å². The molecule has 4 aliphatic rings. The van der Waals surface area contributed by atoms with Gasteiger partial charge >= 0.3 is 0 Å². The summed E-state index contributed by atoms with van der Waals surface area (Å²) in [5, 5.41) is 6.07. The van der Waals surface area contributed by atoms with Crippen LogP contribution in [0.15, 0.2) is 177 Å². The van der Waals surface area contributed by atoms with Crippen molar-refractivity contribution in [2.75, 3.05) is 22.3 Å². The van der Waals surface area contributed by atoms with Gasteiger partial charge in [-0.05, 0) is 66.6 Å². The minimum atomic E-state index is -1.53. The third kappa shape index (κ3) is 4.63. The van der Waals surface area contributed by atoms with E-state index in [1.165, 1.54) is 54.4 Å². The first kappa shape index (κ1) is 30.0. The second kappa shape index (κ2) is 11.6. The van der Waals surface area contributed by atoms with Crippen LogP contribution in [0.1, 0.15) is 24.0 Å². The Morgan fingerprint density at radius 2 is 1.31 bits per heavy atom. The molecule has 248 valence electrons. The molecule has 0 saturated carbocycles. The lowest BCUT2D eigenvalue weighted by Gasteiger charge is -2.49. The summed E-state index contributed by atoms with van der Waals surface area (Å²) in [5.41, 5.74) is 10.7. The molecular weight excluding hydrogens is 643 g/mol. The van der Waals surface area contributed by atoms with E-state index in [0.717, 1.165) is 41.3 Å². The Balaban J connectivity index is 1.30. The lowest BCUT2D eigenvalue weighted by atomic mass is 9.90. The average Bonchev–Trinajstić information content (AvgIpc) is 3.19. The normalized spacial score (nSPS) is 17.7. The number of rotatable bonds is 4. The van der Waals surface area contributed by atoms with Gasteiger partial charge in [0.1, 0.15) is 11.7 Å². The summed E-state index contributed by atoms with van der Waals surface area (Å²) < 4.78 is 0. The van der Waals surface area contributed by atoms with Gasteiger partial charge in [-0.25, -0.2) is 9.98 Å². The Bertz CT molecular complexity index is 2440. The van der Waals surface area contributed by atoms with Crippen molar-refractivity contribution in [3.63, 3.8) is 0 Å². The standard InChI is InChI=1S/C45H37N5S/c1-51(2)39-27-13-12-25-36(39)49(33-22-10-5-11-23-33)38-29-28-35-34-24-14-20-30-21-15-26-37(40(30)34)50(41(35)42(38)51)45-47-43(31-16-6-3-7-17-31)46-44(48-45)32-18-8-4-9-19-32/h3-10,12-22,24-29,45H,11,23H2,1-2H3,(H,46,47,48). The molecule has 0 radical (unpaired) electrons. The van der Waals surface area contributed by atoms with Gasteiger partial charge in [0.25, 0.3) is 0 Å². The second-order valence-electron chi connectivity index (χ2n) is 13.8. The van der Waals surface area contributed by atoms with Crippen LogP contribution in [0.2, 0.25) is 0 Å². The highest BCUT2D eigenvalue weighted by atomic mass is 32.3. The molecule has 0 unspecified atom stereocenters. The summed E-state index contributed by atoms with van der Waals surface area (Å²) in [7, 11) is -1.53. The predicted octanol–water partition coefficient (Wildman–Crippen LogP) is 10.9. The van der Waals surface area contributed by atoms with Crippen LogP contribution >= 0.6 is 10.0 Å². The fourth-order valence-electron chi connectivity index (χ4n) is 8.24. The van der Waals surface area contributed by atoms with Gasteiger partial charge in [-0.2, -0.15) is 10.0 Å². The molecule has 0 aromatic heterocycles. The number of hydrogen-bond donors (Lipinski definition) is 1. The van der Waals surface area contributed by atoms with Crippen molar-refractivity contribution in [3.8, 4) is 11.1 Å². The van der Waals surface area contributed by atoms with Crippen molar-refractivity contribution >= 4 is 55.2 Å². The molecule has 3 aliphatic heterocycles. The minimum Gasteiger partial charge on any atom is -0.324 e. The number of anilines is 4. The van der Waals surface area contributed by atoms with E-state index in [4.69, 9.17) is 9.98 Å². The number of aliphatic imine (C=N–C) groups is 2. The van der Waals surface area contributed by atoms with Gasteiger partial charge in [0.15, 0.2) is 0 Å². The summed E-state index contributed by atoms with van der Waals surface area (Å²) >= 11 is 0. The molecule has 1 N–H and O–H groups in total. The molecule has 3 heterocycles. The predicted molar refractivity (Wildman–Crippen MR) is 215 cm³/mol. The van der Waals surface area contributed by atoms with Crippen LogP contribution in [-0.2, 0) is 0 Å². The van der Waals surface area contributed by atoms with Crippen LogP contribution in [0.25, 0.3) is 21.9 Å². The summed E-state index contributed by atoms with van der Waals surface area (Å²) in [6.07, 6.45) is 13.2. The van der Waals surface area contributed by atoms with E-state index in [9.17, 15) is 0 Å². The topological polar surface area (TPSA) is 43.2 Å². The molecule has 1 aliphatic carbocycles. The molecule has 10 rings (SSSR count). The molecule has 6 heteroatoms. The van der Waals surface area contributed by atoms with Crippen LogP contribution < -0.4 is 15.1 Å². The highest BCUT2D eigenvalue weighted by Crippen LogP contribution is 2.71. The van der Waals surface area contributed by atoms with Gasteiger partial charge in [0.05, 0.1) is 22.7 Å². The highest BCUT2D eigenvalue weighted by molar-refractivity contribution is 8.33. The third-order valence-electron chi connectivity index (χ3n) is 10.5. The number of para-hydroxylation sites is 1. The van der Waals surface area contributed by atoms with E-state index in [1.54, 1.807) is 0 Å². The van der Waals surface area contributed by atoms with Gasteiger partial charge in [-0.1, -0.05) is 121 Å². The fraction of sp³-hybridized carbons (Fsp3) is 0.111. The van der Waals surface area contributed by atoms with E-state index in [1.807, 2.05) is 12.1 Å². The summed E-state index contributed by atoms with van der Waals surface area (Å²) in [4.78, 5) is 18.7. The smallest absolute Gasteiger partial charge is 0.225 e. The molecule has 51 heavy (non-hydrogen) atoms. The van der Waals surface area contributed by atoms with Gasteiger partial charge in [-0.15, -0.1) is 0 Å². The molecule has 0 saturated heterocycles. The van der Waals surface area contributed by atoms with Crippen molar-refractivity contribution in [1.29, 1.82) is 0 Å². The van der Waals surface area contributed by atoms with E-state index < -0.39 is 16.3 Å². The van der Waals surface area contributed by atoms with E-state index in [-0.39, 0.29) is 0 Å². The van der Waals surface area contributed by atoms with Gasteiger partial charge in [-0.3, -0.25) is 4.90 Å². The molecule has 0 spiro atoms. The second-order valence-corrected chi connectivity index (χ2v) is 17.3. The number of amidine groups is 2. The van der Waals surface area contributed by atoms with E-state index in [2.05, 4.69) is 167 Å². The van der Waals surface area contributed by atoms with Crippen molar-refractivity contribution < 1.29 is 0 Å². The number of hydrogen-bond acceptors (Lipinski definition) is 5. The first-order chi connectivity index (χ1) is 25.1. The Morgan fingerprint density at radius 1 is 0.647 bits per heavy atom. The van der Waals surface area contributed by atoms with Gasteiger partial charge in [0, 0.05) is 37.6 Å². The summed E-state index contributed by atoms with van der Waals surface area (Å²) in [5.74, 6) is 1.62. The SMILES string of the molecule is CS1(C)c2ccccc2N(C2=CC=CCC2)c2ccc3c(c21)N(C1N=C(c2ccccc2)NC(c2ccccc2)=N1)c1cccc2cccc-3c12. The Kier molecular flexibility index (Phi) is 6.83. The molecular formula is C45H37N5S. The zero-order valence-electron chi connectivity index (χ0n) is 28.6. The third-order valence-corrected chi connectivity index (χ3v) is 13.4. The average molecular weight is 680 g/mol. The number of fused-ring (bicyclic) bond motifs is 5. The zero-order chi connectivity index (χ0) is 34.1. The molecule has 6 aromatic carbocycles. The molecule has 5 nitrogen and oxygen atoms in total. The van der Waals surface area contributed by atoms with Crippen LogP contribution in [0, 0.1) is 0 Å². The first-order valence-electron chi connectivity index (χ1n) is 17.6. The lowest BCUT2D eigenvalue weighted by Crippen LogP contribution is -2.43. The fourth-order valence-corrected chi connectivity index (χ4v) is 10.9. The Morgan fingerprint density at radius 3 is 2.02 bits per heavy atom. The molecule has 0 amide bonds. The number of nitrogens with zero attached hydrogens (tertiary/aromatic N) is 4. The van der Waals surface area contributed by atoms with Gasteiger partial charge in [0.2, 0.25) is 6.29 Å². The molecule has 0 atom stereocenters. The molecule has 0 bridgehead atoms. The zero-order valence-corrected chi connectivity index (χ0v) is 29.4. The maximum Gasteiger partial charge on any atom is 0.225 e. The first-order valence-corrected chi connectivity index (χ1v) is 20.0. The van der Waals surface area contributed by atoms with Crippen LogP contribution in [-0.4, -0.2) is 30.5 Å². The van der Waals surface area contributed by atoms with Crippen LogP contribution in [0.5, 0.6) is 0 Å². The van der Waals surface area contributed by atoms with E-state index in [0.29, 0.717) is 0 Å². The highest BCUT2D eigenvalue weighted by Gasteiger charge is 2.42. The molecule has 0 fully saturated rings. The quantitative estimate of drug-likeness (QED) is 0.202. The summed E-state index contributed by atoms with van der Waals surface area (Å²) in [6.45, 7) is 0. The lowest BCUT2D eigenvalue weighted by molar-refractivity contribution is 0.701.